The second-order valence-electron chi connectivity index (χ2n) is 4.17. The van der Waals surface area contributed by atoms with Gasteiger partial charge in [-0.3, -0.25) is 0 Å². The number of nitrogens with zero attached hydrogens (tertiary/aromatic N) is 1. The molecule has 1 aromatic heterocycles. The fourth-order valence-corrected chi connectivity index (χ4v) is 1.90. The lowest BCUT2D eigenvalue weighted by Gasteiger charge is -2.16. The van der Waals surface area contributed by atoms with Crippen LogP contribution in [0.15, 0.2) is 42.5 Å². The Morgan fingerprint density at radius 2 is 1.15 bits per heavy atom. The fraction of sp³-hybridized carbons (Fsp3) is 0.231. The molecular weight excluding hydrogens is 284 g/mol. The van der Waals surface area contributed by atoms with Crippen LogP contribution in [0.4, 0.5) is 26.3 Å². The Balaban J connectivity index is 2.50. The van der Waals surface area contributed by atoms with Crippen LogP contribution in [0.25, 0.3) is 0 Å². The van der Waals surface area contributed by atoms with E-state index in [1.165, 1.54) is 12.1 Å². The van der Waals surface area contributed by atoms with Gasteiger partial charge in [-0.15, -0.1) is 0 Å². The van der Waals surface area contributed by atoms with E-state index in [-0.39, 0.29) is 4.57 Å². The zero-order valence-corrected chi connectivity index (χ0v) is 9.96. The van der Waals surface area contributed by atoms with Crippen LogP contribution in [0.5, 0.6) is 0 Å². The number of aromatic nitrogens is 1. The summed E-state index contributed by atoms with van der Waals surface area (Å²) in [7, 11) is 0. The third-order valence-electron chi connectivity index (χ3n) is 2.75. The summed E-state index contributed by atoms with van der Waals surface area (Å²) in [5, 5.41) is 0. The average molecular weight is 293 g/mol. The summed E-state index contributed by atoms with van der Waals surface area (Å²) in [5.74, 6) is 0. The Bertz CT molecular complexity index is 548. The molecule has 0 aliphatic carbocycles. The van der Waals surface area contributed by atoms with E-state index in [1.54, 1.807) is 18.2 Å². The lowest BCUT2D eigenvalue weighted by Crippen LogP contribution is -2.20. The summed E-state index contributed by atoms with van der Waals surface area (Å²) in [4.78, 5) is 0. The van der Waals surface area contributed by atoms with Crippen LogP contribution >= 0.6 is 0 Å². The Kier molecular flexibility index (Phi) is 3.54. The van der Waals surface area contributed by atoms with Crippen molar-refractivity contribution < 1.29 is 26.3 Å². The minimum absolute atomic E-state index is 0.245. The van der Waals surface area contributed by atoms with E-state index in [0.29, 0.717) is 17.7 Å². The molecule has 0 radical (unpaired) electrons. The van der Waals surface area contributed by atoms with Crippen molar-refractivity contribution in [1.82, 2.24) is 4.57 Å². The molecule has 108 valence electrons. The maximum atomic E-state index is 12.8. The number of alkyl halides is 6. The fourth-order valence-electron chi connectivity index (χ4n) is 1.90. The molecule has 0 spiro atoms. The second-order valence-corrected chi connectivity index (χ2v) is 4.17. The number of benzene rings is 1. The summed E-state index contributed by atoms with van der Waals surface area (Å²) in [6.45, 7) is -0.489. The van der Waals surface area contributed by atoms with Crippen LogP contribution in [-0.4, -0.2) is 4.57 Å². The van der Waals surface area contributed by atoms with Crippen LogP contribution in [0.3, 0.4) is 0 Å². The molecule has 1 heterocycles. The van der Waals surface area contributed by atoms with Crippen molar-refractivity contribution in [2.45, 2.75) is 18.9 Å². The molecule has 20 heavy (non-hydrogen) atoms. The summed E-state index contributed by atoms with van der Waals surface area (Å²) < 4.78 is 76.8. The Hall–Kier alpha value is -1.92. The highest BCUT2D eigenvalue weighted by Gasteiger charge is 2.41. The monoisotopic (exact) mass is 293 g/mol. The third kappa shape index (κ3) is 2.97. The van der Waals surface area contributed by atoms with Crippen molar-refractivity contribution in [3.05, 3.63) is 59.4 Å². The molecular formula is C13H9F6N. The number of halogens is 6. The van der Waals surface area contributed by atoms with Gasteiger partial charge in [-0.2, -0.15) is 26.3 Å². The van der Waals surface area contributed by atoms with Gasteiger partial charge in [-0.05, 0) is 17.7 Å². The molecule has 0 amide bonds. The molecule has 1 nitrogen and oxygen atoms in total. The molecule has 0 N–H and O–H groups in total. The lowest BCUT2D eigenvalue weighted by atomic mass is 10.2. The molecule has 0 aliphatic rings. The molecule has 0 saturated carbocycles. The Morgan fingerprint density at radius 3 is 1.55 bits per heavy atom. The van der Waals surface area contributed by atoms with Crippen LogP contribution in [0.2, 0.25) is 0 Å². The normalized spacial score (nSPS) is 12.7. The number of hydrogen-bond donors (Lipinski definition) is 0. The van der Waals surface area contributed by atoms with Gasteiger partial charge < -0.3 is 4.57 Å². The number of hydrogen-bond acceptors (Lipinski definition) is 0. The highest BCUT2D eigenvalue weighted by atomic mass is 19.4. The predicted molar refractivity (Wildman–Crippen MR) is 60.0 cm³/mol. The summed E-state index contributed by atoms with van der Waals surface area (Å²) >= 11 is 0. The van der Waals surface area contributed by atoms with Gasteiger partial charge in [0.25, 0.3) is 0 Å². The van der Waals surface area contributed by atoms with Crippen LogP contribution < -0.4 is 0 Å². The summed E-state index contributed by atoms with van der Waals surface area (Å²) in [6.07, 6.45) is -9.67. The Morgan fingerprint density at radius 1 is 0.700 bits per heavy atom. The standard InChI is InChI=1S/C13H9F6N/c14-12(15,16)10-6-7-11(13(17,18)19)20(10)8-9-4-2-1-3-5-9/h1-7H,8H2. The van der Waals surface area contributed by atoms with Crippen molar-refractivity contribution in [2.75, 3.05) is 0 Å². The molecule has 1 aromatic carbocycles. The molecule has 0 fully saturated rings. The van der Waals surface area contributed by atoms with E-state index in [0.717, 1.165) is 0 Å². The third-order valence-corrected chi connectivity index (χ3v) is 2.75. The molecule has 0 bridgehead atoms. The first-order valence-electron chi connectivity index (χ1n) is 5.57. The lowest BCUT2D eigenvalue weighted by molar-refractivity contribution is -0.152. The van der Waals surface area contributed by atoms with E-state index >= 15 is 0 Å². The van der Waals surface area contributed by atoms with Crippen molar-refractivity contribution in [2.24, 2.45) is 0 Å². The average Bonchev–Trinajstić information content (AvgIpc) is 2.73. The molecule has 2 aromatic rings. The Labute approximate surface area is 110 Å². The smallest absolute Gasteiger partial charge is 0.329 e. The van der Waals surface area contributed by atoms with Gasteiger partial charge >= 0.3 is 12.4 Å². The van der Waals surface area contributed by atoms with Crippen LogP contribution in [-0.2, 0) is 18.9 Å². The molecule has 0 atom stereocenters. The quantitative estimate of drug-likeness (QED) is 0.715. The first-order chi connectivity index (χ1) is 9.19. The van der Waals surface area contributed by atoms with E-state index < -0.39 is 30.3 Å². The minimum Gasteiger partial charge on any atom is -0.329 e. The van der Waals surface area contributed by atoms with Crippen LogP contribution in [0.1, 0.15) is 17.0 Å². The largest absolute Gasteiger partial charge is 0.431 e. The van der Waals surface area contributed by atoms with Gasteiger partial charge in [0.1, 0.15) is 11.4 Å². The van der Waals surface area contributed by atoms with E-state index in [2.05, 4.69) is 0 Å². The summed E-state index contributed by atoms with van der Waals surface area (Å²) in [6, 6.07) is 8.59. The molecule has 7 heteroatoms. The summed E-state index contributed by atoms with van der Waals surface area (Å²) in [5.41, 5.74) is -2.26. The SMILES string of the molecule is FC(F)(F)c1ccc(C(F)(F)F)n1Cc1ccccc1. The van der Waals surface area contributed by atoms with Crippen LogP contribution in [0, 0.1) is 0 Å². The van der Waals surface area contributed by atoms with Gasteiger partial charge in [0.05, 0.1) is 0 Å². The van der Waals surface area contributed by atoms with Gasteiger partial charge in [0.15, 0.2) is 0 Å². The molecule has 0 aliphatic heterocycles. The van der Waals surface area contributed by atoms with Gasteiger partial charge in [-0.1, -0.05) is 30.3 Å². The predicted octanol–water partition coefficient (Wildman–Crippen LogP) is 4.57. The maximum absolute atomic E-state index is 12.8. The van der Waals surface area contributed by atoms with Crippen molar-refractivity contribution in [3.63, 3.8) is 0 Å². The maximum Gasteiger partial charge on any atom is 0.431 e. The second kappa shape index (κ2) is 4.88. The van der Waals surface area contributed by atoms with Crippen molar-refractivity contribution in [3.8, 4) is 0 Å². The topological polar surface area (TPSA) is 4.93 Å². The van der Waals surface area contributed by atoms with Crippen molar-refractivity contribution in [1.29, 1.82) is 0 Å². The van der Waals surface area contributed by atoms with Crippen molar-refractivity contribution >= 4 is 0 Å². The van der Waals surface area contributed by atoms with E-state index in [4.69, 9.17) is 0 Å². The highest BCUT2D eigenvalue weighted by Crippen LogP contribution is 2.37. The zero-order valence-electron chi connectivity index (χ0n) is 9.96. The van der Waals surface area contributed by atoms with E-state index in [1.807, 2.05) is 0 Å². The highest BCUT2D eigenvalue weighted by molar-refractivity contribution is 5.25. The van der Waals surface area contributed by atoms with Gasteiger partial charge in [0, 0.05) is 6.54 Å². The first kappa shape index (κ1) is 14.5. The minimum atomic E-state index is -4.84. The van der Waals surface area contributed by atoms with Gasteiger partial charge in [0.2, 0.25) is 0 Å². The van der Waals surface area contributed by atoms with Gasteiger partial charge in [-0.25, -0.2) is 0 Å². The zero-order chi connectivity index (χ0) is 15.0. The molecule has 0 saturated heterocycles. The molecule has 2 rings (SSSR count). The van der Waals surface area contributed by atoms with E-state index in [9.17, 15) is 26.3 Å². The first-order valence-corrected chi connectivity index (χ1v) is 5.57. The molecule has 0 unspecified atom stereocenters. The number of rotatable bonds is 2.